The first-order valence-electron chi connectivity index (χ1n) is 2.19. The molecule has 1 N–H and O–H groups in total. The molecule has 6 heteroatoms. The zero-order chi connectivity index (χ0) is 8.20. The van der Waals surface area contributed by atoms with E-state index in [-0.39, 0.29) is 6.21 Å². The van der Waals surface area contributed by atoms with Crippen LogP contribution in [-0.2, 0) is 9.53 Å². The zero-order valence-corrected chi connectivity index (χ0v) is 4.73. The summed E-state index contributed by atoms with van der Waals surface area (Å²) >= 11 is 0. The summed E-state index contributed by atoms with van der Waals surface area (Å²) in [7, 11) is 0. The smallest absolute Gasteiger partial charge is 0.422 e. The van der Waals surface area contributed by atoms with Gasteiger partial charge in [-0.2, -0.15) is 13.2 Å². The van der Waals surface area contributed by atoms with Crippen LogP contribution in [0.2, 0.25) is 0 Å². The van der Waals surface area contributed by atoms with Crippen LogP contribution in [0.3, 0.4) is 0 Å². The molecule has 0 aromatic rings. The first-order valence-corrected chi connectivity index (χ1v) is 2.19. The average Bonchev–Trinajstić information content (AvgIpc) is 1.81. The summed E-state index contributed by atoms with van der Waals surface area (Å²) in [5.74, 6) is -1.29. The highest BCUT2D eigenvalue weighted by molar-refractivity contribution is 6.21. The van der Waals surface area contributed by atoms with E-state index in [1.54, 1.807) is 0 Å². The van der Waals surface area contributed by atoms with Crippen molar-refractivity contribution in [3.63, 3.8) is 0 Å². The van der Waals surface area contributed by atoms with E-state index in [9.17, 15) is 18.0 Å². The predicted molar refractivity (Wildman–Crippen MR) is 25.8 cm³/mol. The van der Waals surface area contributed by atoms with Crippen LogP contribution in [0.1, 0.15) is 0 Å². The molecule has 0 rings (SSSR count). The second-order valence-electron chi connectivity index (χ2n) is 1.37. The molecule has 58 valence electrons. The fraction of sp³-hybridized carbons (Fsp3) is 0.500. The average molecular weight is 155 g/mol. The second-order valence-corrected chi connectivity index (χ2v) is 1.37. The van der Waals surface area contributed by atoms with Crippen LogP contribution in [0.15, 0.2) is 0 Å². The van der Waals surface area contributed by atoms with Crippen molar-refractivity contribution in [3.8, 4) is 0 Å². The third-order valence-electron chi connectivity index (χ3n) is 0.496. The molecule has 0 spiro atoms. The highest BCUT2D eigenvalue weighted by Crippen LogP contribution is 2.13. The molecule has 0 amide bonds. The van der Waals surface area contributed by atoms with E-state index in [1.807, 2.05) is 0 Å². The third kappa shape index (κ3) is 5.07. The van der Waals surface area contributed by atoms with Crippen LogP contribution in [-0.4, -0.2) is 25.0 Å². The number of halogens is 3. The molecule has 0 aromatic carbocycles. The normalized spacial score (nSPS) is 10.7. The van der Waals surface area contributed by atoms with Crippen molar-refractivity contribution in [2.24, 2.45) is 0 Å². The van der Waals surface area contributed by atoms with Crippen molar-refractivity contribution in [2.45, 2.75) is 6.18 Å². The Labute approximate surface area is 54.3 Å². The Kier molecular flexibility index (Phi) is 2.85. The van der Waals surface area contributed by atoms with Crippen LogP contribution < -0.4 is 0 Å². The fourth-order valence-electron chi connectivity index (χ4n) is 0.195. The molecule has 0 heterocycles. The van der Waals surface area contributed by atoms with Gasteiger partial charge in [0.25, 0.3) is 0 Å². The van der Waals surface area contributed by atoms with Gasteiger partial charge in [-0.3, -0.25) is 0 Å². The second kappa shape index (κ2) is 3.19. The lowest BCUT2D eigenvalue weighted by Crippen LogP contribution is -2.20. The van der Waals surface area contributed by atoms with E-state index in [0.29, 0.717) is 0 Å². The lowest BCUT2D eigenvalue weighted by atomic mass is 10.7. The first-order chi connectivity index (χ1) is 4.45. The minimum Gasteiger partial charge on any atom is -0.452 e. The summed E-state index contributed by atoms with van der Waals surface area (Å²) in [6.07, 6.45) is -4.34. The summed E-state index contributed by atoms with van der Waals surface area (Å²) in [5, 5.41) is 6.15. The van der Waals surface area contributed by atoms with E-state index in [2.05, 4.69) is 4.74 Å². The number of alkyl halides is 3. The Balaban J connectivity index is 3.55. The van der Waals surface area contributed by atoms with Gasteiger partial charge < -0.3 is 10.1 Å². The molecule has 0 saturated heterocycles. The highest BCUT2D eigenvalue weighted by Gasteiger charge is 2.29. The number of esters is 1. The minimum absolute atomic E-state index is 0.172. The summed E-state index contributed by atoms with van der Waals surface area (Å²) in [4.78, 5) is 9.89. The summed E-state index contributed by atoms with van der Waals surface area (Å²) in [5.41, 5.74) is 0. The maximum absolute atomic E-state index is 11.2. The number of hydrogen-bond acceptors (Lipinski definition) is 3. The Bertz CT molecular complexity index is 142. The van der Waals surface area contributed by atoms with E-state index >= 15 is 0 Å². The molecule has 0 aliphatic carbocycles. The van der Waals surface area contributed by atoms with E-state index in [4.69, 9.17) is 5.41 Å². The molecular weight excluding hydrogens is 151 g/mol. The quantitative estimate of drug-likeness (QED) is 0.472. The van der Waals surface area contributed by atoms with Gasteiger partial charge in [-0.15, -0.1) is 0 Å². The van der Waals surface area contributed by atoms with Gasteiger partial charge in [0.1, 0.15) is 6.21 Å². The molecular formula is C4H4F3NO2. The number of ether oxygens (including phenoxy) is 1. The topological polar surface area (TPSA) is 50.2 Å². The number of carbonyl (C=O) groups is 1. The maximum atomic E-state index is 11.2. The minimum atomic E-state index is -4.52. The van der Waals surface area contributed by atoms with Crippen molar-refractivity contribution >= 4 is 12.2 Å². The molecule has 0 saturated carbocycles. The summed E-state index contributed by atoms with van der Waals surface area (Å²) in [6, 6.07) is 0. The lowest BCUT2D eigenvalue weighted by molar-refractivity contribution is -0.181. The molecule has 0 atom stereocenters. The van der Waals surface area contributed by atoms with Crippen LogP contribution in [0.25, 0.3) is 0 Å². The molecule has 0 aliphatic heterocycles. The predicted octanol–water partition coefficient (Wildman–Crippen LogP) is 0.741. The Hall–Kier alpha value is -1.07. The monoisotopic (exact) mass is 155 g/mol. The molecule has 10 heavy (non-hydrogen) atoms. The van der Waals surface area contributed by atoms with Crippen molar-refractivity contribution < 1.29 is 22.7 Å². The third-order valence-corrected chi connectivity index (χ3v) is 0.496. The Morgan fingerprint density at radius 3 is 2.40 bits per heavy atom. The van der Waals surface area contributed by atoms with Gasteiger partial charge in [0.05, 0.1) is 0 Å². The van der Waals surface area contributed by atoms with Gasteiger partial charge >= 0.3 is 12.1 Å². The van der Waals surface area contributed by atoms with Crippen LogP contribution in [0.5, 0.6) is 0 Å². The Morgan fingerprint density at radius 2 is 2.10 bits per heavy atom. The summed E-state index contributed by atoms with van der Waals surface area (Å²) < 4.78 is 37.1. The molecule has 0 aliphatic rings. The number of nitrogens with one attached hydrogen (secondary N) is 1. The molecule has 0 radical (unpaired) electrons. The molecule has 0 unspecified atom stereocenters. The van der Waals surface area contributed by atoms with Crippen molar-refractivity contribution in [1.29, 1.82) is 5.41 Å². The van der Waals surface area contributed by atoms with E-state index < -0.39 is 18.8 Å². The molecule has 0 aromatic heterocycles. The van der Waals surface area contributed by atoms with Gasteiger partial charge in [0.15, 0.2) is 6.61 Å². The summed E-state index contributed by atoms with van der Waals surface area (Å²) in [6.45, 7) is -1.64. The SMILES string of the molecule is N=CC(=O)OCC(F)(F)F. The largest absolute Gasteiger partial charge is 0.452 e. The van der Waals surface area contributed by atoms with Gasteiger partial charge in [0, 0.05) is 0 Å². The van der Waals surface area contributed by atoms with Gasteiger partial charge in [-0.05, 0) is 0 Å². The lowest BCUT2D eigenvalue weighted by Gasteiger charge is -2.04. The number of rotatable bonds is 2. The number of hydrogen-bond donors (Lipinski definition) is 1. The van der Waals surface area contributed by atoms with E-state index in [0.717, 1.165) is 0 Å². The van der Waals surface area contributed by atoms with Crippen molar-refractivity contribution in [3.05, 3.63) is 0 Å². The standard InChI is InChI=1S/C4H4F3NO2/c5-4(6,7)2-10-3(9)1-8/h1,8H,2H2. The van der Waals surface area contributed by atoms with Crippen LogP contribution in [0, 0.1) is 5.41 Å². The number of carbonyl (C=O) groups excluding carboxylic acids is 1. The van der Waals surface area contributed by atoms with E-state index in [1.165, 1.54) is 0 Å². The van der Waals surface area contributed by atoms with Gasteiger partial charge in [-0.25, -0.2) is 4.79 Å². The van der Waals surface area contributed by atoms with Crippen molar-refractivity contribution in [1.82, 2.24) is 0 Å². The molecule has 3 nitrogen and oxygen atoms in total. The Morgan fingerprint density at radius 1 is 1.60 bits per heavy atom. The van der Waals surface area contributed by atoms with Gasteiger partial charge in [0.2, 0.25) is 0 Å². The molecule has 0 fully saturated rings. The zero-order valence-electron chi connectivity index (χ0n) is 4.73. The van der Waals surface area contributed by atoms with Crippen LogP contribution >= 0.6 is 0 Å². The van der Waals surface area contributed by atoms with Gasteiger partial charge in [-0.1, -0.05) is 0 Å². The van der Waals surface area contributed by atoms with Crippen LogP contribution in [0.4, 0.5) is 13.2 Å². The maximum Gasteiger partial charge on any atom is 0.422 e. The fourth-order valence-corrected chi connectivity index (χ4v) is 0.195. The first kappa shape index (κ1) is 8.93. The highest BCUT2D eigenvalue weighted by atomic mass is 19.4. The molecule has 0 bridgehead atoms. The van der Waals surface area contributed by atoms with Crippen molar-refractivity contribution in [2.75, 3.05) is 6.61 Å².